The van der Waals surface area contributed by atoms with Gasteiger partial charge >= 0.3 is 0 Å². The smallest absolute Gasteiger partial charge is 0.277 e. The molecule has 18 heavy (non-hydrogen) atoms. The number of carbonyl (C=O) groups is 1. The predicted octanol–water partition coefficient (Wildman–Crippen LogP) is 1.84. The lowest BCUT2D eigenvalue weighted by atomic mass is 10.3. The van der Waals surface area contributed by atoms with Crippen LogP contribution in [-0.2, 0) is 0 Å². The van der Waals surface area contributed by atoms with Crippen molar-refractivity contribution in [1.82, 2.24) is 15.2 Å². The van der Waals surface area contributed by atoms with Crippen LogP contribution >= 0.6 is 11.3 Å². The highest BCUT2D eigenvalue weighted by Crippen LogP contribution is 2.21. The summed E-state index contributed by atoms with van der Waals surface area (Å²) in [4.78, 5) is 17.2. The predicted molar refractivity (Wildman–Crippen MR) is 71.1 cm³/mol. The van der Waals surface area contributed by atoms with Crippen LogP contribution in [0.2, 0.25) is 0 Å². The molecule has 0 spiro atoms. The van der Waals surface area contributed by atoms with Crippen LogP contribution in [0.25, 0.3) is 0 Å². The molecule has 0 fully saturated rings. The number of nitrogens with zero attached hydrogens (tertiary/aromatic N) is 3. The second kappa shape index (κ2) is 5.09. The van der Waals surface area contributed by atoms with E-state index in [9.17, 15) is 4.79 Å². The zero-order valence-electron chi connectivity index (χ0n) is 10.3. The number of hydrogen-bond donors (Lipinski definition) is 2. The standard InChI is InChI=1S/C11H13N5OS/c1-6-7(2)18-11(13-6)14-10(17)8-4-5-9(12-3)16-15-8/h4-5H,1-3H3,(H,12,16)(H,13,14,17). The SMILES string of the molecule is CNc1ccc(C(=O)Nc2nc(C)c(C)s2)nn1. The molecule has 0 saturated carbocycles. The maximum Gasteiger partial charge on any atom is 0.277 e. The van der Waals surface area contributed by atoms with Gasteiger partial charge in [0.1, 0.15) is 5.82 Å². The third-order valence-electron chi connectivity index (χ3n) is 2.40. The third kappa shape index (κ3) is 2.62. The largest absolute Gasteiger partial charge is 0.372 e. The summed E-state index contributed by atoms with van der Waals surface area (Å²) < 4.78 is 0. The molecule has 7 heteroatoms. The molecule has 1 amide bonds. The van der Waals surface area contributed by atoms with Crippen LogP contribution in [-0.4, -0.2) is 28.1 Å². The van der Waals surface area contributed by atoms with Crippen LogP contribution in [0, 0.1) is 13.8 Å². The maximum absolute atomic E-state index is 11.9. The highest BCUT2D eigenvalue weighted by atomic mass is 32.1. The van der Waals surface area contributed by atoms with Crippen molar-refractivity contribution >= 4 is 28.2 Å². The van der Waals surface area contributed by atoms with E-state index in [-0.39, 0.29) is 11.6 Å². The van der Waals surface area contributed by atoms with E-state index in [0.717, 1.165) is 10.6 Å². The van der Waals surface area contributed by atoms with E-state index in [2.05, 4.69) is 25.8 Å². The summed E-state index contributed by atoms with van der Waals surface area (Å²) in [5.41, 5.74) is 1.19. The summed E-state index contributed by atoms with van der Waals surface area (Å²) in [6, 6.07) is 3.31. The molecule has 0 aromatic carbocycles. The zero-order chi connectivity index (χ0) is 13.1. The fourth-order valence-corrected chi connectivity index (χ4v) is 2.08. The fraction of sp³-hybridized carbons (Fsp3) is 0.273. The van der Waals surface area contributed by atoms with Gasteiger partial charge in [0.2, 0.25) is 0 Å². The molecule has 2 rings (SSSR count). The van der Waals surface area contributed by atoms with E-state index < -0.39 is 0 Å². The molecule has 2 heterocycles. The van der Waals surface area contributed by atoms with E-state index >= 15 is 0 Å². The van der Waals surface area contributed by atoms with Gasteiger partial charge in [-0.1, -0.05) is 0 Å². The fourth-order valence-electron chi connectivity index (χ4n) is 1.27. The van der Waals surface area contributed by atoms with E-state index in [1.54, 1.807) is 19.2 Å². The number of thiazole rings is 1. The molecular weight excluding hydrogens is 250 g/mol. The lowest BCUT2D eigenvalue weighted by Crippen LogP contribution is -2.14. The van der Waals surface area contributed by atoms with Crippen LogP contribution < -0.4 is 10.6 Å². The first-order valence-electron chi connectivity index (χ1n) is 5.37. The van der Waals surface area contributed by atoms with Gasteiger partial charge in [0, 0.05) is 11.9 Å². The van der Waals surface area contributed by atoms with Crippen molar-refractivity contribution in [3.63, 3.8) is 0 Å². The average molecular weight is 263 g/mol. The Kier molecular flexibility index (Phi) is 3.52. The minimum absolute atomic E-state index is 0.263. The first kappa shape index (κ1) is 12.4. The van der Waals surface area contributed by atoms with E-state index in [1.165, 1.54) is 11.3 Å². The van der Waals surface area contributed by atoms with Crippen molar-refractivity contribution in [1.29, 1.82) is 0 Å². The molecule has 0 unspecified atom stereocenters. The summed E-state index contributed by atoms with van der Waals surface area (Å²) in [6.07, 6.45) is 0. The number of aromatic nitrogens is 3. The van der Waals surface area contributed by atoms with Crippen molar-refractivity contribution in [3.05, 3.63) is 28.4 Å². The number of aryl methyl sites for hydroxylation is 2. The number of rotatable bonds is 3. The van der Waals surface area contributed by atoms with Crippen LogP contribution in [0.5, 0.6) is 0 Å². The van der Waals surface area contributed by atoms with Gasteiger partial charge in [-0.25, -0.2) is 4.98 Å². The van der Waals surface area contributed by atoms with Crippen molar-refractivity contribution in [2.24, 2.45) is 0 Å². The summed E-state index contributed by atoms with van der Waals surface area (Å²) in [7, 11) is 1.74. The van der Waals surface area contributed by atoms with Gasteiger partial charge in [-0.05, 0) is 26.0 Å². The first-order chi connectivity index (χ1) is 8.60. The molecule has 0 bridgehead atoms. The Morgan fingerprint density at radius 2 is 2.06 bits per heavy atom. The summed E-state index contributed by atoms with van der Waals surface area (Å²) in [5, 5.41) is 13.8. The Morgan fingerprint density at radius 3 is 2.56 bits per heavy atom. The first-order valence-corrected chi connectivity index (χ1v) is 6.18. The number of carbonyl (C=O) groups excluding carboxylic acids is 1. The maximum atomic E-state index is 11.9. The molecular formula is C11H13N5OS. The number of hydrogen-bond acceptors (Lipinski definition) is 6. The molecule has 0 aliphatic carbocycles. The zero-order valence-corrected chi connectivity index (χ0v) is 11.1. The van der Waals surface area contributed by atoms with Crippen molar-refractivity contribution in [2.45, 2.75) is 13.8 Å². The summed E-state index contributed by atoms with van der Waals surface area (Å²) in [6.45, 7) is 3.87. The van der Waals surface area contributed by atoms with Crippen LogP contribution in [0.4, 0.5) is 10.9 Å². The number of nitrogens with one attached hydrogen (secondary N) is 2. The quantitative estimate of drug-likeness (QED) is 0.883. The summed E-state index contributed by atoms with van der Waals surface area (Å²) in [5.74, 6) is 0.311. The second-order valence-electron chi connectivity index (χ2n) is 3.67. The molecule has 0 saturated heterocycles. The van der Waals surface area contributed by atoms with Crippen molar-refractivity contribution in [3.8, 4) is 0 Å². The monoisotopic (exact) mass is 263 g/mol. The van der Waals surface area contributed by atoms with Gasteiger partial charge in [-0.3, -0.25) is 10.1 Å². The lowest BCUT2D eigenvalue weighted by molar-refractivity contribution is 0.102. The molecule has 0 atom stereocenters. The Bertz CT molecular complexity index is 544. The minimum Gasteiger partial charge on any atom is -0.372 e. The normalized spacial score (nSPS) is 10.2. The highest BCUT2D eigenvalue weighted by Gasteiger charge is 2.11. The number of amides is 1. The Morgan fingerprint density at radius 1 is 1.28 bits per heavy atom. The van der Waals surface area contributed by atoms with Gasteiger partial charge in [-0.15, -0.1) is 21.5 Å². The van der Waals surface area contributed by atoms with Crippen LogP contribution in [0.3, 0.4) is 0 Å². The van der Waals surface area contributed by atoms with E-state index in [1.807, 2.05) is 13.8 Å². The minimum atomic E-state index is -0.307. The number of anilines is 2. The topological polar surface area (TPSA) is 79.8 Å². The van der Waals surface area contributed by atoms with Crippen molar-refractivity contribution in [2.75, 3.05) is 17.7 Å². The van der Waals surface area contributed by atoms with E-state index in [0.29, 0.717) is 10.9 Å². The van der Waals surface area contributed by atoms with Gasteiger partial charge in [-0.2, -0.15) is 0 Å². The second-order valence-corrected chi connectivity index (χ2v) is 4.87. The molecule has 94 valence electrons. The molecule has 2 aromatic heterocycles. The third-order valence-corrected chi connectivity index (χ3v) is 3.39. The summed E-state index contributed by atoms with van der Waals surface area (Å²) >= 11 is 1.44. The van der Waals surface area contributed by atoms with Crippen molar-refractivity contribution < 1.29 is 4.79 Å². The van der Waals surface area contributed by atoms with Crippen LogP contribution in [0.1, 0.15) is 21.1 Å². The van der Waals surface area contributed by atoms with Gasteiger partial charge < -0.3 is 5.32 Å². The average Bonchev–Trinajstić information content (AvgIpc) is 2.68. The lowest BCUT2D eigenvalue weighted by Gasteiger charge is -2.01. The Labute approximate surface area is 108 Å². The molecule has 6 nitrogen and oxygen atoms in total. The van der Waals surface area contributed by atoms with E-state index in [4.69, 9.17) is 0 Å². The van der Waals surface area contributed by atoms with Gasteiger partial charge in [0.05, 0.1) is 5.69 Å². The molecule has 0 aliphatic heterocycles. The Balaban J connectivity index is 2.11. The highest BCUT2D eigenvalue weighted by molar-refractivity contribution is 7.15. The molecule has 0 aliphatic rings. The van der Waals surface area contributed by atoms with Gasteiger partial charge in [0.25, 0.3) is 5.91 Å². The molecule has 0 radical (unpaired) electrons. The Hall–Kier alpha value is -2.02. The van der Waals surface area contributed by atoms with Gasteiger partial charge in [0.15, 0.2) is 10.8 Å². The van der Waals surface area contributed by atoms with Crippen LogP contribution in [0.15, 0.2) is 12.1 Å². The molecule has 2 N–H and O–H groups in total. The molecule has 2 aromatic rings.